The number of nitrogens with two attached hydrogens (primary N) is 1. The van der Waals surface area contributed by atoms with E-state index in [2.05, 4.69) is 15.5 Å². The number of amides is 1. The predicted molar refractivity (Wildman–Crippen MR) is 79.6 cm³/mol. The van der Waals surface area contributed by atoms with Gasteiger partial charge in [0.25, 0.3) is 5.91 Å². The van der Waals surface area contributed by atoms with Crippen LogP contribution in [0.4, 0.5) is 5.69 Å². The number of aryl methyl sites for hydroxylation is 3. The number of benzene rings is 1. The van der Waals surface area contributed by atoms with Crippen molar-refractivity contribution in [1.82, 2.24) is 15.5 Å². The SMILES string of the molecule is Cc1cc(C(=O)NCCCc2cn[nH]c2C)ccc1N. The van der Waals surface area contributed by atoms with Gasteiger partial charge in [-0.2, -0.15) is 5.10 Å². The molecule has 0 spiro atoms. The third-order valence-electron chi connectivity index (χ3n) is 3.37. The van der Waals surface area contributed by atoms with Gasteiger partial charge in [0.1, 0.15) is 0 Å². The Labute approximate surface area is 118 Å². The van der Waals surface area contributed by atoms with Crippen molar-refractivity contribution in [2.75, 3.05) is 12.3 Å². The maximum Gasteiger partial charge on any atom is 0.251 e. The molecule has 106 valence electrons. The highest BCUT2D eigenvalue weighted by Crippen LogP contribution is 2.12. The minimum Gasteiger partial charge on any atom is -0.399 e. The number of nitrogens with zero attached hydrogens (tertiary/aromatic N) is 1. The molecule has 5 nitrogen and oxygen atoms in total. The first-order valence-corrected chi connectivity index (χ1v) is 6.71. The number of carbonyl (C=O) groups is 1. The van der Waals surface area contributed by atoms with Gasteiger partial charge in [0.2, 0.25) is 0 Å². The Morgan fingerprint density at radius 1 is 1.40 bits per heavy atom. The first kappa shape index (κ1) is 14.1. The quantitative estimate of drug-likeness (QED) is 0.574. The van der Waals surface area contributed by atoms with Crippen LogP contribution in [-0.4, -0.2) is 22.6 Å². The Kier molecular flexibility index (Phi) is 4.40. The average molecular weight is 272 g/mol. The lowest BCUT2D eigenvalue weighted by atomic mass is 10.1. The fourth-order valence-electron chi connectivity index (χ4n) is 2.03. The smallest absolute Gasteiger partial charge is 0.251 e. The van der Waals surface area contributed by atoms with Crippen molar-refractivity contribution in [2.24, 2.45) is 0 Å². The normalized spacial score (nSPS) is 10.5. The molecule has 0 aliphatic carbocycles. The van der Waals surface area contributed by atoms with Crippen LogP contribution >= 0.6 is 0 Å². The number of aromatic nitrogens is 2. The van der Waals surface area contributed by atoms with E-state index in [1.165, 1.54) is 5.56 Å². The van der Waals surface area contributed by atoms with Gasteiger partial charge in [-0.1, -0.05) is 0 Å². The number of nitrogen functional groups attached to an aromatic ring is 1. The van der Waals surface area contributed by atoms with Gasteiger partial charge in [-0.15, -0.1) is 0 Å². The van der Waals surface area contributed by atoms with Gasteiger partial charge in [0.05, 0.1) is 6.20 Å². The molecule has 0 atom stereocenters. The van der Waals surface area contributed by atoms with Crippen molar-refractivity contribution in [3.05, 3.63) is 46.8 Å². The molecule has 0 bridgehead atoms. The van der Waals surface area contributed by atoms with E-state index in [4.69, 9.17) is 5.73 Å². The second kappa shape index (κ2) is 6.23. The molecule has 0 unspecified atom stereocenters. The minimum atomic E-state index is -0.0583. The standard InChI is InChI=1S/C15H20N4O/c1-10-8-12(5-6-14(10)16)15(20)17-7-3-4-13-9-18-19-11(13)2/h5-6,8-9H,3-4,7,16H2,1-2H3,(H,17,20)(H,18,19). The predicted octanol–water partition coefficient (Wildman–Crippen LogP) is 1.97. The highest BCUT2D eigenvalue weighted by atomic mass is 16.1. The van der Waals surface area contributed by atoms with Gasteiger partial charge in [-0.3, -0.25) is 9.89 Å². The van der Waals surface area contributed by atoms with Crippen molar-refractivity contribution in [2.45, 2.75) is 26.7 Å². The monoisotopic (exact) mass is 272 g/mol. The molecule has 0 saturated carbocycles. The van der Waals surface area contributed by atoms with Crippen molar-refractivity contribution in [3.8, 4) is 0 Å². The Morgan fingerprint density at radius 2 is 2.20 bits per heavy atom. The van der Waals surface area contributed by atoms with Gasteiger partial charge in [-0.05, 0) is 56.0 Å². The van der Waals surface area contributed by atoms with Gasteiger partial charge >= 0.3 is 0 Å². The first-order valence-electron chi connectivity index (χ1n) is 6.71. The summed E-state index contributed by atoms with van der Waals surface area (Å²) < 4.78 is 0. The van der Waals surface area contributed by atoms with Crippen LogP contribution in [0.5, 0.6) is 0 Å². The number of anilines is 1. The highest BCUT2D eigenvalue weighted by Gasteiger charge is 2.06. The van der Waals surface area contributed by atoms with Crippen molar-refractivity contribution in [3.63, 3.8) is 0 Å². The maximum atomic E-state index is 12.0. The zero-order chi connectivity index (χ0) is 14.5. The summed E-state index contributed by atoms with van der Waals surface area (Å²) in [4.78, 5) is 12.0. The van der Waals surface area contributed by atoms with E-state index in [0.717, 1.165) is 24.1 Å². The average Bonchev–Trinajstić information content (AvgIpc) is 2.83. The van der Waals surface area contributed by atoms with E-state index in [1.54, 1.807) is 12.1 Å². The number of aromatic amines is 1. The second-order valence-corrected chi connectivity index (χ2v) is 4.95. The number of hydrogen-bond donors (Lipinski definition) is 3. The number of carbonyl (C=O) groups excluding carboxylic acids is 1. The van der Waals surface area contributed by atoms with Crippen LogP contribution < -0.4 is 11.1 Å². The number of nitrogens with one attached hydrogen (secondary N) is 2. The molecule has 2 rings (SSSR count). The highest BCUT2D eigenvalue weighted by molar-refractivity contribution is 5.94. The molecule has 0 radical (unpaired) electrons. The summed E-state index contributed by atoms with van der Waals surface area (Å²) >= 11 is 0. The molecule has 1 amide bonds. The lowest BCUT2D eigenvalue weighted by molar-refractivity contribution is 0.0953. The van der Waals surface area contributed by atoms with Crippen LogP contribution in [0.2, 0.25) is 0 Å². The maximum absolute atomic E-state index is 12.0. The van der Waals surface area contributed by atoms with Crippen LogP contribution in [-0.2, 0) is 6.42 Å². The van der Waals surface area contributed by atoms with Crippen molar-refractivity contribution >= 4 is 11.6 Å². The molecule has 1 aromatic heterocycles. The summed E-state index contributed by atoms with van der Waals surface area (Å²) in [6.07, 6.45) is 3.63. The van der Waals surface area contributed by atoms with Gasteiger partial charge in [-0.25, -0.2) is 0 Å². The zero-order valence-corrected chi connectivity index (χ0v) is 11.9. The lowest BCUT2D eigenvalue weighted by Gasteiger charge is -2.07. The lowest BCUT2D eigenvalue weighted by Crippen LogP contribution is -2.24. The topological polar surface area (TPSA) is 83.8 Å². The largest absolute Gasteiger partial charge is 0.399 e. The second-order valence-electron chi connectivity index (χ2n) is 4.95. The number of rotatable bonds is 5. The van der Waals surface area contributed by atoms with Crippen LogP contribution in [0.15, 0.2) is 24.4 Å². The number of hydrogen-bond acceptors (Lipinski definition) is 3. The van der Waals surface area contributed by atoms with E-state index in [0.29, 0.717) is 17.8 Å². The molecule has 1 aromatic carbocycles. The zero-order valence-electron chi connectivity index (χ0n) is 11.9. The Hall–Kier alpha value is -2.30. The molecule has 1 heterocycles. The third-order valence-corrected chi connectivity index (χ3v) is 3.37. The van der Waals surface area contributed by atoms with Crippen LogP contribution in [0, 0.1) is 13.8 Å². The van der Waals surface area contributed by atoms with Gasteiger partial charge in [0, 0.05) is 23.5 Å². The molecule has 2 aromatic rings. The van der Waals surface area contributed by atoms with E-state index in [1.807, 2.05) is 26.1 Å². The van der Waals surface area contributed by atoms with Gasteiger partial charge in [0.15, 0.2) is 0 Å². The van der Waals surface area contributed by atoms with E-state index in [-0.39, 0.29) is 5.91 Å². The van der Waals surface area contributed by atoms with Crippen molar-refractivity contribution in [1.29, 1.82) is 0 Å². The fourth-order valence-corrected chi connectivity index (χ4v) is 2.03. The Morgan fingerprint density at radius 3 is 2.85 bits per heavy atom. The number of H-pyrrole nitrogens is 1. The molecule has 4 N–H and O–H groups in total. The Balaban J connectivity index is 1.80. The molecule has 0 fully saturated rings. The third kappa shape index (κ3) is 3.38. The van der Waals surface area contributed by atoms with Crippen LogP contribution in [0.25, 0.3) is 0 Å². The molecule has 0 aliphatic heterocycles. The first-order chi connectivity index (χ1) is 9.58. The van der Waals surface area contributed by atoms with Gasteiger partial charge < -0.3 is 11.1 Å². The summed E-state index contributed by atoms with van der Waals surface area (Å²) in [7, 11) is 0. The molecule has 0 aliphatic rings. The summed E-state index contributed by atoms with van der Waals surface area (Å²) in [5, 5.41) is 9.80. The molecule has 0 saturated heterocycles. The molecular weight excluding hydrogens is 252 g/mol. The van der Waals surface area contributed by atoms with Crippen molar-refractivity contribution < 1.29 is 4.79 Å². The van der Waals surface area contributed by atoms with E-state index < -0.39 is 0 Å². The van der Waals surface area contributed by atoms with E-state index >= 15 is 0 Å². The molecule has 20 heavy (non-hydrogen) atoms. The van der Waals surface area contributed by atoms with E-state index in [9.17, 15) is 4.79 Å². The Bertz CT molecular complexity index is 604. The summed E-state index contributed by atoms with van der Waals surface area (Å²) in [6.45, 7) is 4.54. The fraction of sp³-hybridized carbons (Fsp3) is 0.333. The molecular formula is C15H20N4O. The van der Waals surface area contributed by atoms with Crippen LogP contribution in [0.3, 0.4) is 0 Å². The summed E-state index contributed by atoms with van der Waals surface area (Å²) in [5.41, 5.74) is 10.3. The summed E-state index contributed by atoms with van der Waals surface area (Å²) in [6, 6.07) is 5.32. The molecule has 5 heteroatoms. The van der Waals surface area contributed by atoms with Crippen LogP contribution in [0.1, 0.15) is 33.6 Å². The minimum absolute atomic E-state index is 0.0583. The summed E-state index contributed by atoms with van der Waals surface area (Å²) in [5.74, 6) is -0.0583.